The van der Waals surface area contributed by atoms with E-state index in [0.717, 1.165) is 12.8 Å². The molecule has 5 nitrogen and oxygen atoms in total. The first-order chi connectivity index (χ1) is 8.06. The molecule has 0 aliphatic heterocycles. The smallest absolute Gasteiger partial charge is 0.131 e. The summed E-state index contributed by atoms with van der Waals surface area (Å²) in [6, 6.07) is 1.67. The molecule has 0 saturated carbocycles. The fourth-order valence-electron chi connectivity index (χ4n) is 1.89. The molecule has 0 saturated heterocycles. The third-order valence-corrected chi connectivity index (χ3v) is 2.94. The van der Waals surface area contributed by atoms with Gasteiger partial charge in [-0.1, -0.05) is 26.7 Å². The van der Waals surface area contributed by atoms with Crippen molar-refractivity contribution in [2.45, 2.75) is 39.7 Å². The SMILES string of the molecule is CCC(CC)C(O)CNc1cc(N)nc(C)n1. The van der Waals surface area contributed by atoms with Crippen LogP contribution in [0.3, 0.4) is 0 Å². The standard InChI is InChI=1S/C12H22N4O/c1-4-9(5-2)10(17)7-14-12-6-11(13)15-8(3)16-12/h6,9-10,17H,4-5,7H2,1-3H3,(H3,13,14,15,16). The van der Waals surface area contributed by atoms with Crippen LogP contribution in [0.1, 0.15) is 32.5 Å². The number of rotatable bonds is 6. The summed E-state index contributed by atoms with van der Waals surface area (Å²) in [6.45, 7) is 6.45. The number of aliphatic hydroxyl groups excluding tert-OH is 1. The molecule has 0 bridgehead atoms. The van der Waals surface area contributed by atoms with Crippen LogP contribution in [0, 0.1) is 12.8 Å². The van der Waals surface area contributed by atoms with E-state index in [9.17, 15) is 5.11 Å². The van der Waals surface area contributed by atoms with Gasteiger partial charge in [-0.15, -0.1) is 0 Å². The Hall–Kier alpha value is -1.36. The van der Waals surface area contributed by atoms with Crippen molar-refractivity contribution in [3.63, 3.8) is 0 Å². The lowest BCUT2D eigenvalue weighted by Gasteiger charge is -2.20. The minimum atomic E-state index is -0.360. The Bertz CT molecular complexity index is 332. The molecule has 1 heterocycles. The third kappa shape index (κ3) is 4.19. The number of nitrogens with zero attached hydrogens (tertiary/aromatic N) is 2. The van der Waals surface area contributed by atoms with Crippen LogP contribution in [0.25, 0.3) is 0 Å². The summed E-state index contributed by atoms with van der Waals surface area (Å²) in [7, 11) is 0. The number of hydrogen-bond acceptors (Lipinski definition) is 5. The molecule has 5 heteroatoms. The Morgan fingerprint density at radius 2 is 2.00 bits per heavy atom. The molecule has 0 spiro atoms. The summed E-state index contributed by atoms with van der Waals surface area (Å²) in [6.07, 6.45) is 1.59. The molecule has 1 unspecified atom stereocenters. The van der Waals surface area contributed by atoms with Gasteiger partial charge in [0.05, 0.1) is 6.10 Å². The fourth-order valence-corrected chi connectivity index (χ4v) is 1.89. The van der Waals surface area contributed by atoms with E-state index in [2.05, 4.69) is 29.1 Å². The van der Waals surface area contributed by atoms with Crippen LogP contribution >= 0.6 is 0 Å². The molecule has 1 rings (SSSR count). The normalized spacial score (nSPS) is 12.8. The average molecular weight is 238 g/mol. The quantitative estimate of drug-likeness (QED) is 0.700. The van der Waals surface area contributed by atoms with E-state index in [-0.39, 0.29) is 6.10 Å². The maximum Gasteiger partial charge on any atom is 0.131 e. The van der Waals surface area contributed by atoms with Crippen LogP contribution in [0.5, 0.6) is 0 Å². The Kier molecular flexibility index (Phi) is 5.15. The molecule has 0 aromatic carbocycles. The largest absolute Gasteiger partial charge is 0.391 e. The molecule has 0 fully saturated rings. The van der Waals surface area contributed by atoms with E-state index in [0.29, 0.717) is 29.9 Å². The first-order valence-corrected chi connectivity index (χ1v) is 6.09. The van der Waals surface area contributed by atoms with Gasteiger partial charge in [-0.25, -0.2) is 9.97 Å². The van der Waals surface area contributed by atoms with Crippen molar-refractivity contribution in [1.82, 2.24) is 9.97 Å². The zero-order chi connectivity index (χ0) is 12.8. The maximum atomic E-state index is 9.97. The van der Waals surface area contributed by atoms with Gasteiger partial charge in [0.25, 0.3) is 0 Å². The van der Waals surface area contributed by atoms with E-state index in [1.165, 1.54) is 0 Å². The predicted octanol–water partition coefficient (Wildman–Crippen LogP) is 1.58. The monoisotopic (exact) mass is 238 g/mol. The Labute approximate surface area is 102 Å². The third-order valence-electron chi connectivity index (χ3n) is 2.94. The van der Waals surface area contributed by atoms with Crippen LogP contribution in [-0.4, -0.2) is 27.7 Å². The van der Waals surface area contributed by atoms with Gasteiger partial charge in [0.15, 0.2) is 0 Å². The molecule has 0 aliphatic rings. The number of nitrogens with two attached hydrogens (primary N) is 1. The maximum absolute atomic E-state index is 9.97. The molecule has 17 heavy (non-hydrogen) atoms. The number of anilines is 2. The van der Waals surface area contributed by atoms with Crippen molar-refractivity contribution in [2.75, 3.05) is 17.6 Å². The predicted molar refractivity (Wildman–Crippen MR) is 69.7 cm³/mol. The fraction of sp³-hybridized carbons (Fsp3) is 0.667. The van der Waals surface area contributed by atoms with E-state index in [4.69, 9.17) is 5.73 Å². The van der Waals surface area contributed by atoms with Gasteiger partial charge < -0.3 is 16.2 Å². The highest BCUT2D eigenvalue weighted by Crippen LogP contribution is 2.14. The summed E-state index contributed by atoms with van der Waals surface area (Å²) >= 11 is 0. The van der Waals surface area contributed by atoms with Crippen molar-refractivity contribution >= 4 is 11.6 Å². The van der Waals surface area contributed by atoms with E-state index in [1.54, 1.807) is 13.0 Å². The Morgan fingerprint density at radius 3 is 2.53 bits per heavy atom. The lowest BCUT2D eigenvalue weighted by molar-refractivity contribution is 0.114. The summed E-state index contributed by atoms with van der Waals surface area (Å²) in [5.74, 6) is 2.06. The second-order valence-electron chi connectivity index (χ2n) is 4.25. The number of nitrogens with one attached hydrogen (secondary N) is 1. The van der Waals surface area contributed by atoms with E-state index < -0.39 is 0 Å². The first-order valence-electron chi connectivity index (χ1n) is 6.09. The number of aromatic nitrogens is 2. The molecule has 4 N–H and O–H groups in total. The number of hydrogen-bond donors (Lipinski definition) is 3. The van der Waals surface area contributed by atoms with Crippen molar-refractivity contribution in [3.8, 4) is 0 Å². The zero-order valence-electron chi connectivity index (χ0n) is 10.8. The average Bonchev–Trinajstić information content (AvgIpc) is 2.27. The molecule has 96 valence electrons. The zero-order valence-corrected chi connectivity index (χ0v) is 10.8. The molecular formula is C12H22N4O. The molecule has 1 atom stereocenters. The van der Waals surface area contributed by atoms with Crippen molar-refractivity contribution < 1.29 is 5.11 Å². The van der Waals surface area contributed by atoms with Crippen LogP contribution in [0.2, 0.25) is 0 Å². The topological polar surface area (TPSA) is 84.1 Å². The summed E-state index contributed by atoms with van der Waals surface area (Å²) in [5, 5.41) is 13.1. The first kappa shape index (κ1) is 13.7. The van der Waals surface area contributed by atoms with Gasteiger partial charge in [-0.3, -0.25) is 0 Å². The minimum absolute atomic E-state index is 0.322. The number of aryl methyl sites for hydroxylation is 1. The van der Waals surface area contributed by atoms with Gasteiger partial charge in [0.2, 0.25) is 0 Å². The molecule has 0 radical (unpaired) electrons. The van der Waals surface area contributed by atoms with Crippen molar-refractivity contribution in [1.29, 1.82) is 0 Å². The van der Waals surface area contributed by atoms with Crippen LogP contribution in [-0.2, 0) is 0 Å². The van der Waals surface area contributed by atoms with Gasteiger partial charge in [0.1, 0.15) is 17.5 Å². The van der Waals surface area contributed by atoms with Crippen LogP contribution in [0.4, 0.5) is 11.6 Å². The number of nitrogen functional groups attached to an aromatic ring is 1. The summed E-state index contributed by atoms with van der Waals surface area (Å²) in [5.41, 5.74) is 5.62. The Balaban J connectivity index is 2.55. The molecule has 1 aromatic rings. The lowest BCUT2D eigenvalue weighted by atomic mass is 9.97. The minimum Gasteiger partial charge on any atom is -0.391 e. The van der Waals surface area contributed by atoms with Crippen molar-refractivity contribution in [3.05, 3.63) is 11.9 Å². The van der Waals surface area contributed by atoms with Gasteiger partial charge >= 0.3 is 0 Å². The Morgan fingerprint density at radius 1 is 1.35 bits per heavy atom. The molecule has 0 aliphatic carbocycles. The molecule has 1 aromatic heterocycles. The lowest BCUT2D eigenvalue weighted by Crippen LogP contribution is -2.28. The highest BCUT2D eigenvalue weighted by atomic mass is 16.3. The highest BCUT2D eigenvalue weighted by molar-refractivity contribution is 5.44. The van der Waals surface area contributed by atoms with Gasteiger partial charge in [0, 0.05) is 12.6 Å². The van der Waals surface area contributed by atoms with Crippen LogP contribution in [0.15, 0.2) is 6.07 Å². The highest BCUT2D eigenvalue weighted by Gasteiger charge is 2.15. The van der Waals surface area contributed by atoms with Gasteiger partial charge in [-0.05, 0) is 12.8 Å². The van der Waals surface area contributed by atoms with Crippen LogP contribution < -0.4 is 11.1 Å². The summed E-state index contributed by atoms with van der Waals surface area (Å²) < 4.78 is 0. The number of aliphatic hydroxyl groups is 1. The summed E-state index contributed by atoms with van der Waals surface area (Å²) in [4.78, 5) is 8.20. The second-order valence-corrected chi connectivity index (χ2v) is 4.25. The molecular weight excluding hydrogens is 216 g/mol. The van der Waals surface area contributed by atoms with E-state index >= 15 is 0 Å². The van der Waals surface area contributed by atoms with Crippen molar-refractivity contribution in [2.24, 2.45) is 5.92 Å². The van der Waals surface area contributed by atoms with E-state index in [1.807, 2.05) is 0 Å². The second kappa shape index (κ2) is 6.39. The molecule has 0 amide bonds. The van der Waals surface area contributed by atoms with Gasteiger partial charge in [-0.2, -0.15) is 0 Å².